The van der Waals surface area contributed by atoms with Crippen molar-refractivity contribution < 1.29 is 4.79 Å². The summed E-state index contributed by atoms with van der Waals surface area (Å²) in [5.74, 6) is 0.754. The SMILES string of the molecule is CN(CC(=O)Nc1ccccc1N)CC1CCCCC1. The van der Waals surface area contributed by atoms with Gasteiger partial charge in [-0.2, -0.15) is 0 Å². The van der Waals surface area contributed by atoms with E-state index in [2.05, 4.69) is 10.2 Å². The van der Waals surface area contributed by atoms with Crippen molar-refractivity contribution in [2.75, 3.05) is 31.2 Å². The lowest BCUT2D eigenvalue weighted by Crippen LogP contribution is -2.34. The summed E-state index contributed by atoms with van der Waals surface area (Å²) in [5.41, 5.74) is 7.13. The smallest absolute Gasteiger partial charge is 0.238 e. The first-order valence-electron chi connectivity index (χ1n) is 7.48. The number of amides is 1. The molecule has 0 atom stereocenters. The van der Waals surface area contributed by atoms with Crippen molar-refractivity contribution in [1.82, 2.24) is 4.90 Å². The molecule has 3 N–H and O–H groups in total. The van der Waals surface area contributed by atoms with Crippen molar-refractivity contribution in [3.63, 3.8) is 0 Å². The van der Waals surface area contributed by atoms with Gasteiger partial charge >= 0.3 is 0 Å². The summed E-state index contributed by atoms with van der Waals surface area (Å²) in [6.07, 6.45) is 6.65. The van der Waals surface area contributed by atoms with E-state index in [4.69, 9.17) is 5.73 Å². The quantitative estimate of drug-likeness (QED) is 0.812. The number of hydrogen-bond acceptors (Lipinski definition) is 3. The Morgan fingerprint density at radius 1 is 1.30 bits per heavy atom. The molecule has 0 heterocycles. The first-order valence-corrected chi connectivity index (χ1v) is 7.48. The van der Waals surface area contributed by atoms with Gasteiger partial charge in [-0.25, -0.2) is 0 Å². The second-order valence-corrected chi connectivity index (χ2v) is 5.84. The van der Waals surface area contributed by atoms with Crippen molar-refractivity contribution in [2.45, 2.75) is 32.1 Å². The van der Waals surface area contributed by atoms with Gasteiger partial charge in [0.15, 0.2) is 0 Å². The topological polar surface area (TPSA) is 58.4 Å². The van der Waals surface area contributed by atoms with E-state index in [0.717, 1.165) is 12.5 Å². The average molecular weight is 275 g/mol. The number of anilines is 2. The summed E-state index contributed by atoms with van der Waals surface area (Å²) in [4.78, 5) is 14.1. The van der Waals surface area contributed by atoms with E-state index in [-0.39, 0.29) is 5.91 Å². The number of likely N-dealkylation sites (N-methyl/N-ethyl adjacent to an activating group) is 1. The monoisotopic (exact) mass is 275 g/mol. The molecule has 1 fully saturated rings. The molecule has 0 radical (unpaired) electrons. The van der Waals surface area contributed by atoms with Gasteiger partial charge in [0.2, 0.25) is 5.91 Å². The molecule has 110 valence electrons. The zero-order valence-electron chi connectivity index (χ0n) is 12.3. The number of nitrogens with two attached hydrogens (primary N) is 1. The minimum absolute atomic E-state index is 0.00112. The van der Waals surface area contributed by atoms with Crippen LogP contribution < -0.4 is 11.1 Å². The number of carbonyl (C=O) groups excluding carboxylic acids is 1. The van der Waals surface area contributed by atoms with Crippen LogP contribution in [0.4, 0.5) is 11.4 Å². The van der Waals surface area contributed by atoms with Crippen LogP contribution in [-0.4, -0.2) is 30.9 Å². The highest BCUT2D eigenvalue weighted by Gasteiger charge is 2.16. The Morgan fingerprint density at radius 2 is 2.00 bits per heavy atom. The molecule has 2 rings (SSSR count). The minimum atomic E-state index is 0.00112. The van der Waals surface area contributed by atoms with Crippen LogP contribution >= 0.6 is 0 Å². The zero-order chi connectivity index (χ0) is 14.4. The van der Waals surface area contributed by atoms with Crippen molar-refractivity contribution in [3.05, 3.63) is 24.3 Å². The van der Waals surface area contributed by atoms with Gasteiger partial charge in [0.25, 0.3) is 0 Å². The maximum absolute atomic E-state index is 12.0. The first kappa shape index (κ1) is 14.9. The van der Waals surface area contributed by atoms with Crippen molar-refractivity contribution in [2.24, 2.45) is 5.92 Å². The normalized spacial score (nSPS) is 16.3. The Balaban J connectivity index is 1.77. The van der Waals surface area contributed by atoms with Crippen LogP contribution in [-0.2, 0) is 4.79 Å². The number of para-hydroxylation sites is 2. The number of nitrogens with one attached hydrogen (secondary N) is 1. The van der Waals surface area contributed by atoms with Gasteiger partial charge in [-0.05, 0) is 37.9 Å². The molecular weight excluding hydrogens is 250 g/mol. The third-order valence-corrected chi connectivity index (χ3v) is 3.94. The van der Waals surface area contributed by atoms with Crippen molar-refractivity contribution >= 4 is 17.3 Å². The lowest BCUT2D eigenvalue weighted by atomic mass is 9.89. The fourth-order valence-corrected chi connectivity index (χ4v) is 2.92. The van der Waals surface area contributed by atoms with Gasteiger partial charge in [0.05, 0.1) is 17.9 Å². The highest BCUT2D eigenvalue weighted by Crippen LogP contribution is 2.24. The van der Waals surface area contributed by atoms with Crippen LogP contribution in [0.1, 0.15) is 32.1 Å². The number of hydrogen-bond donors (Lipinski definition) is 2. The molecule has 1 aliphatic carbocycles. The second kappa shape index (κ2) is 7.29. The third-order valence-electron chi connectivity index (χ3n) is 3.94. The Bertz CT molecular complexity index is 441. The van der Waals surface area contributed by atoms with E-state index in [1.54, 1.807) is 6.07 Å². The molecule has 4 nitrogen and oxygen atoms in total. The third kappa shape index (κ3) is 4.53. The highest BCUT2D eigenvalue weighted by atomic mass is 16.2. The van der Waals surface area contributed by atoms with E-state index < -0.39 is 0 Å². The number of carbonyl (C=O) groups is 1. The van der Waals surface area contributed by atoms with Crippen LogP contribution in [0.15, 0.2) is 24.3 Å². The fourth-order valence-electron chi connectivity index (χ4n) is 2.92. The molecule has 4 heteroatoms. The van der Waals surface area contributed by atoms with Gasteiger partial charge in [0, 0.05) is 6.54 Å². The van der Waals surface area contributed by atoms with E-state index in [1.807, 2.05) is 25.2 Å². The Morgan fingerprint density at radius 3 is 2.70 bits per heavy atom. The number of benzene rings is 1. The maximum Gasteiger partial charge on any atom is 0.238 e. The second-order valence-electron chi connectivity index (χ2n) is 5.84. The molecule has 0 unspecified atom stereocenters. The predicted molar refractivity (Wildman–Crippen MR) is 83.6 cm³/mol. The molecule has 1 aliphatic rings. The lowest BCUT2D eigenvalue weighted by Gasteiger charge is -2.26. The van der Waals surface area contributed by atoms with Crippen molar-refractivity contribution in [1.29, 1.82) is 0 Å². The summed E-state index contributed by atoms with van der Waals surface area (Å²) in [6.45, 7) is 1.43. The van der Waals surface area contributed by atoms with E-state index in [1.165, 1.54) is 32.1 Å². The average Bonchev–Trinajstić information content (AvgIpc) is 2.42. The van der Waals surface area contributed by atoms with Crippen LogP contribution in [0.2, 0.25) is 0 Å². The molecule has 1 aromatic rings. The molecule has 1 amide bonds. The first-order chi connectivity index (χ1) is 9.65. The molecule has 0 spiro atoms. The minimum Gasteiger partial charge on any atom is -0.397 e. The summed E-state index contributed by atoms with van der Waals surface area (Å²) in [5, 5.41) is 2.87. The van der Waals surface area contributed by atoms with Crippen LogP contribution in [0, 0.1) is 5.92 Å². The summed E-state index contributed by atoms with van der Waals surface area (Å²) in [6, 6.07) is 7.35. The maximum atomic E-state index is 12.0. The Labute approximate surface area is 121 Å². The van der Waals surface area contributed by atoms with Crippen molar-refractivity contribution in [3.8, 4) is 0 Å². The predicted octanol–water partition coefficient (Wildman–Crippen LogP) is 2.72. The van der Waals surface area contributed by atoms with Crippen LogP contribution in [0.3, 0.4) is 0 Å². The van der Waals surface area contributed by atoms with Gasteiger partial charge < -0.3 is 11.1 Å². The van der Waals surface area contributed by atoms with E-state index >= 15 is 0 Å². The molecule has 0 bridgehead atoms. The number of nitrogens with zero attached hydrogens (tertiary/aromatic N) is 1. The molecule has 0 aromatic heterocycles. The zero-order valence-corrected chi connectivity index (χ0v) is 12.3. The molecule has 20 heavy (non-hydrogen) atoms. The molecular formula is C16H25N3O. The van der Waals surface area contributed by atoms with E-state index in [9.17, 15) is 4.79 Å². The summed E-state index contributed by atoms with van der Waals surface area (Å²) < 4.78 is 0. The lowest BCUT2D eigenvalue weighted by molar-refractivity contribution is -0.117. The molecule has 1 aromatic carbocycles. The number of rotatable bonds is 5. The standard InChI is InChI=1S/C16H25N3O/c1-19(11-13-7-3-2-4-8-13)12-16(20)18-15-10-6-5-9-14(15)17/h5-6,9-10,13H,2-4,7-8,11-12,17H2,1H3,(H,18,20). The molecule has 1 saturated carbocycles. The van der Waals surface area contributed by atoms with E-state index in [0.29, 0.717) is 17.9 Å². The number of nitrogen functional groups attached to an aromatic ring is 1. The van der Waals surface area contributed by atoms with Gasteiger partial charge in [0.1, 0.15) is 0 Å². The summed E-state index contributed by atoms with van der Waals surface area (Å²) >= 11 is 0. The fraction of sp³-hybridized carbons (Fsp3) is 0.562. The van der Waals surface area contributed by atoms with Gasteiger partial charge in [-0.15, -0.1) is 0 Å². The van der Waals surface area contributed by atoms with Gasteiger partial charge in [-0.3, -0.25) is 9.69 Å². The Hall–Kier alpha value is -1.55. The van der Waals surface area contributed by atoms with Crippen LogP contribution in [0.5, 0.6) is 0 Å². The Kier molecular flexibility index (Phi) is 5.41. The largest absolute Gasteiger partial charge is 0.397 e. The van der Waals surface area contributed by atoms with Gasteiger partial charge in [-0.1, -0.05) is 31.4 Å². The molecule has 0 saturated heterocycles. The highest BCUT2D eigenvalue weighted by molar-refractivity contribution is 5.95. The molecule has 0 aliphatic heterocycles. The summed E-state index contributed by atoms with van der Waals surface area (Å²) in [7, 11) is 2.02. The van der Waals surface area contributed by atoms with Crippen LogP contribution in [0.25, 0.3) is 0 Å².